The summed E-state index contributed by atoms with van der Waals surface area (Å²) >= 11 is 0. The van der Waals surface area contributed by atoms with Gasteiger partial charge >= 0.3 is 0 Å². The van der Waals surface area contributed by atoms with Gasteiger partial charge in [-0.3, -0.25) is 4.79 Å². The molecule has 0 radical (unpaired) electrons. The second kappa shape index (κ2) is 7.97. The Kier molecular flexibility index (Phi) is 6.61. The molecule has 0 saturated carbocycles. The van der Waals surface area contributed by atoms with Crippen molar-refractivity contribution >= 4 is 6.29 Å². The first kappa shape index (κ1) is 17.4. The summed E-state index contributed by atoms with van der Waals surface area (Å²) in [5, 5.41) is 0. The SMILES string of the molecule is [13CH3][13C]1=[13C](/[13CH]=[13CH]/[13C]([13CH3])=[13CH]/[13CH]=[13CH]/[13C]([13CH3])=[13CH]/[13CH]=O)[13C]([13CH3])([13CH3])[13CH2][13CH2][13CH2]1. The monoisotopic (exact) mass is 304 g/mol. The number of allylic oxidation sites excluding steroid dienone is 10. The molecule has 0 bridgehead atoms. The Bertz CT molecular complexity index is 522. The fraction of sp³-hybridized carbons (Fsp3) is 0.450. The van der Waals surface area contributed by atoms with Crippen molar-refractivity contribution in [2.45, 2.75) is 53.9 Å². The van der Waals surface area contributed by atoms with Crippen molar-refractivity contribution in [3.8, 4) is 0 Å². The summed E-state index contributed by atoms with van der Waals surface area (Å²) in [6, 6.07) is 0. The first-order chi connectivity index (χ1) is 9.86. The van der Waals surface area contributed by atoms with Crippen LogP contribution in [0.5, 0.6) is 0 Å². The van der Waals surface area contributed by atoms with Gasteiger partial charge in [0.1, 0.15) is 6.29 Å². The standard InChI is InChI=1S/C20H28O/c1-16(8-6-9-17(2)13-15-21)11-12-19-18(3)10-7-14-20(19,4)5/h6,8-9,11-13,15H,7,10,14H2,1-5H3/b9-6+,12-11+,16-8+,17-13+/i1+1,2+1,3+1,4+1,5+1,6+1,7+1,8+1,9+1,10+1,11+1,12+1,13+1,14+1,15+1,16+1,17+1,18+1,19+1,20+1. The van der Waals surface area contributed by atoms with E-state index in [-0.39, 0.29) is 5.41 Å². The smallest absolute Gasteiger partial charge is 0.143 e. The van der Waals surface area contributed by atoms with E-state index in [1.54, 1.807) is 6.08 Å². The average molecular weight is 304 g/mol. The van der Waals surface area contributed by atoms with Gasteiger partial charge in [-0.05, 0) is 62.7 Å². The second-order valence-corrected chi connectivity index (χ2v) is 6.58. The van der Waals surface area contributed by atoms with Crippen LogP contribution in [0.1, 0.15) is 53.9 Å². The lowest BCUT2D eigenvalue weighted by atomic mass is 10.7. The van der Waals surface area contributed by atoms with Gasteiger partial charge in [0.25, 0.3) is 0 Å². The Morgan fingerprint density at radius 2 is 1.76 bits per heavy atom. The Hall–Kier alpha value is -1.63. The van der Waals surface area contributed by atoms with Crippen LogP contribution in [0.3, 0.4) is 0 Å². The molecule has 1 aliphatic carbocycles. The topological polar surface area (TPSA) is 17.1 Å². The van der Waals surface area contributed by atoms with Crippen molar-refractivity contribution in [2.24, 2.45) is 5.41 Å². The van der Waals surface area contributed by atoms with E-state index in [1.165, 1.54) is 36.0 Å². The zero-order chi connectivity index (χ0) is 15.9. The lowest BCUT2D eigenvalue weighted by Crippen LogP contribution is -2.19. The molecule has 1 nitrogen and oxygen atoms in total. The zero-order valence-corrected chi connectivity index (χ0v) is 14.1. The molecule has 114 valence electrons. The summed E-state index contributed by atoms with van der Waals surface area (Å²) in [4.78, 5) is 10.3. The van der Waals surface area contributed by atoms with Crippen LogP contribution in [0.2, 0.25) is 0 Å². The summed E-state index contributed by atoms with van der Waals surface area (Å²) in [6.07, 6.45) is 16.6. The van der Waals surface area contributed by atoms with E-state index >= 15 is 0 Å². The van der Waals surface area contributed by atoms with Crippen LogP contribution in [0.25, 0.3) is 0 Å². The molecule has 0 saturated heterocycles. The quantitative estimate of drug-likeness (QED) is 0.275. The molecule has 0 atom stereocenters. The van der Waals surface area contributed by atoms with Crippen molar-refractivity contribution in [1.29, 1.82) is 0 Å². The summed E-state index contributed by atoms with van der Waals surface area (Å²) in [5.74, 6) is 0. The highest BCUT2D eigenvalue weighted by Gasteiger charge is 2.26. The molecule has 21 heavy (non-hydrogen) atoms. The predicted molar refractivity (Wildman–Crippen MR) is 92.2 cm³/mol. The molecule has 0 fully saturated rings. The van der Waals surface area contributed by atoms with Crippen LogP contribution in [0, 0.1) is 5.41 Å². The van der Waals surface area contributed by atoms with Gasteiger partial charge in [0.2, 0.25) is 0 Å². The minimum atomic E-state index is 0.290. The van der Waals surface area contributed by atoms with Crippen molar-refractivity contribution in [3.05, 3.63) is 58.7 Å². The van der Waals surface area contributed by atoms with Crippen molar-refractivity contribution < 1.29 is 4.79 Å². The third-order valence-electron chi connectivity index (χ3n) is 4.10. The van der Waals surface area contributed by atoms with Gasteiger partial charge in [-0.25, -0.2) is 0 Å². The van der Waals surface area contributed by atoms with Crippen LogP contribution < -0.4 is 0 Å². The maximum atomic E-state index is 10.3. The van der Waals surface area contributed by atoms with Crippen LogP contribution in [-0.2, 0) is 4.79 Å². The second-order valence-electron chi connectivity index (χ2n) is 6.58. The van der Waals surface area contributed by atoms with Gasteiger partial charge in [-0.2, -0.15) is 0 Å². The zero-order valence-electron chi connectivity index (χ0n) is 14.1. The molecule has 1 heteroatoms. The molecule has 0 spiro atoms. The fourth-order valence-corrected chi connectivity index (χ4v) is 2.80. The van der Waals surface area contributed by atoms with E-state index in [2.05, 4.69) is 45.9 Å². The van der Waals surface area contributed by atoms with Crippen molar-refractivity contribution in [1.82, 2.24) is 0 Å². The predicted octanol–water partition coefficient (Wildman–Crippen LogP) is 5.72. The normalized spacial score (nSPS) is 20.6. The minimum absolute atomic E-state index is 0.290. The highest BCUT2D eigenvalue weighted by molar-refractivity contribution is 5.66. The Balaban J connectivity index is 2.80. The van der Waals surface area contributed by atoms with E-state index < -0.39 is 0 Å². The van der Waals surface area contributed by atoms with E-state index in [1.807, 2.05) is 19.1 Å². The summed E-state index contributed by atoms with van der Waals surface area (Å²) in [7, 11) is 0. The highest BCUT2D eigenvalue weighted by atomic mass is 16.2. The van der Waals surface area contributed by atoms with E-state index in [0.717, 1.165) is 11.9 Å². The van der Waals surface area contributed by atoms with Gasteiger partial charge in [-0.15, -0.1) is 0 Å². The number of rotatable bonds is 5. The number of hydrogen-bond donors (Lipinski definition) is 0. The molecule has 1 aliphatic rings. The minimum Gasteiger partial charge on any atom is -0.299 e. The molecule has 1 rings (SSSR count). The molecular weight excluding hydrogens is 276 g/mol. The molecule has 0 aromatic carbocycles. The van der Waals surface area contributed by atoms with Gasteiger partial charge in [0, 0.05) is 0 Å². The van der Waals surface area contributed by atoms with E-state index in [9.17, 15) is 4.79 Å². The van der Waals surface area contributed by atoms with E-state index in [0.29, 0.717) is 0 Å². The molecule has 0 unspecified atom stereocenters. The van der Waals surface area contributed by atoms with Gasteiger partial charge in [0.05, 0.1) is 0 Å². The van der Waals surface area contributed by atoms with Crippen LogP contribution >= 0.6 is 0 Å². The largest absolute Gasteiger partial charge is 0.299 e. The maximum Gasteiger partial charge on any atom is 0.143 e. The lowest BCUT2D eigenvalue weighted by molar-refractivity contribution is -0.104. The summed E-state index contributed by atoms with van der Waals surface area (Å²) < 4.78 is 0. The number of aldehydes is 1. The molecule has 0 aromatic rings. The molecule has 0 amide bonds. The van der Waals surface area contributed by atoms with Crippen molar-refractivity contribution in [2.75, 3.05) is 0 Å². The molecule has 0 N–H and O–H groups in total. The lowest BCUT2D eigenvalue weighted by Gasteiger charge is -2.32. The van der Waals surface area contributed by atoms with Gasteiger partial charge < -0.3 is 0 Å². The number of carbonyl (C=O) groups is 1. The first-order valence-electron chi connectivity index (χ1n) is 7.72. The fourth-order valence-electron chi connectivity index (χ4n) is 2.80. The number of carbonyl (C=O) groups excluding carboxylic acids is 1. The molecular formula is C20H28O. The Morgan fingerprint density at radius 3 is 2.38 bits per heavy atom. The van der Waals surface area contributed by atoms with Crippen LogP contribution in [0.15, 0.2) is 58.7 Å². The van der Waals surface area contributed by atoms with Crippen LogP contribution in [-0.4, -0.2) is 6.29 Å². The average Bonchev–Trinajstić information content (AvgIpc) is 2.37. The van der Waals surface area contributed by atoms with Crippen LogP contribution in [0.4, 0.5) is 0 Å². The summed E-state index contributed by atoms with van der Waals surface area (Å²) in [6.45, 7) is 10.9. The Morgan fingerprint density at radius 1 is 1.10 bits per heavy atom. The highest BCUT2D eigenvalue weighted by Crippen LogP contribution is 2.40. The maximum absolute atomic E-state index is 10.3. The van der Waals surface area contributed by atoms with Gasteiger partial charge in [-0.1, -0.05) is 55.4 Å². The third kappa shape index (κ3) is 5.71. The Labute approximate surface area is 129 Å². The first-order valence-corrected chi connectivity index (χ1v) is 7.72. The van der Waals surface area contributed by atoms with Gasteiger partial charge in [0.15, 0.2) is 0 Å². The molecule has 0 heterocycles. The van der Waals surface area contributed by atoms with E-state index in [4.69, 9.17) is 0 Å². The number of hydrogen-bond acceptors (Lipinski definition) is 1. The van der Waals surface area contributed by atoms with Crippen molar-refractivity contribution in [3.63, 3.8) is 0 Å². The molecule has 0 aromatic heterocycles. The summed E-state index contributed by atoms with van der Waals surface area (Å²) in [5.41, 5.74) is 5.48. The third-order valence-corrected chi connectivity index (χ3v) is 4.10. The molecule has 0 aliphatic heterocycles.